The molecule has 0 amide bonds. The van der Waals surface area contributed by atoms with E-state index in [0.29, 0.717) is 6.42 Å². The lowest BCUT2D eigenvalue weighted by Gasteiger charge is -2.47. The third-order valence-electron chi connectivity index (χ3n) is 7.26. The summed E-state index contributed by atoms with van der Waals surface area (Å²) in [6.07, 6.45) is 5.54. The molecule has 0 spiro atoms. The largest absolute Gasteiger partial charge is 0.494 e. The van der Waals surface area contributed by atoms with Gasteiger partial charge in [0.05, 0.1) is 24.4 Å². The Hall–Kier alpha value is -3.28. The number of nitrogens with zero attached hydrogens (tertiary/aromatic N) is 3. The number of benzene rings is 1. The average molecular weight is 443 g/mol. The van der Waals surface area contributed by atoms with Gasteiger partial charge in [0.25, 0.3) is 0 Å². The molecule has 6 nitrogen and oxygen atoms in total. The Morgan fingerprint density at radius 2 is 2.03 bits per heavy atom. The van der Waals surface area contributed by atoms with Crippen LogP contribution < -0.4 is 10.1 Å². The molecule has 1 aromatic carbocycles. The molecule has 6 heteroatoms. The third kappa shape index (κ3) is 3.23. The van der Waals surface area contributed by atoms with Crippen LogP contribution in [0.3, 0.4) is 0 Å². The van der Waals surface area contributed by atoms with Gasteiger partial charge in [-0.2, -0.15) is 10.2 Å². The number of carbonyl (C=O) groups is 1. The Morgan fingerprint density at radius 3 is 2.79 bits per heavy atom. The highest BCUT2D eigenvalue weighted by Gasteiger charge is 2.53. The molecule has 0 saturated heterocycles. The van der Waals surface area contributed by atoms with Crippen molar-refractivity contribution in [2.75, 3.05) is 7.11 Å². The smallest absolute Gasteiger partial charge is 0.164 e. The van der Waals surface area contributed by atoms with Crippen LogP contribution in [-0.4, -0.2) is 24.0 Å². The summed E-state index contributed by atoms with van der Waals surface area (Å²) in [4.78, 5) is 18.0. The van der Waals surface area contributed by atoms with Crippen molar-refractivity contribution < 1.29 is 9.53 Å². The Bertz CT molecular complexity index is 1240. The SMILES string of the molecule is CC[C@@]1(c2cccc(-c3ccnc(C)c3OC)c2)C2=CN=NC2NC2=C1C(=O)CC(C)(C)C2. The second-order valence-electron chi connectivity index (χ2n) is 9.97. The first-order valence-electron chi connectivity index (χ1n) is 11.5. The number of hydrogen-bond acceptors (Lipinski definition) is 6. The zero-order valence-corrected chi connectivity index (χ0v) is 19.9. The molecule has 3 aliphatic rings. The first-order chi connectivity index (χ1) is 15.8. The van der Waals surface area contributed by atoms with Crippen molar-refractivity contribution in [3.63, 3.8) is 0 Å². The zero-order valence-electron chi connectivity index (χ0n) is 19.9. The number of aryl methyl sites for hydroxylation is 1. The molecule has 2 aromatic rings. The van der Waals surface area contributed by atoms with E-state index < -0.39 is 5.41 Å². The van der Waals surface area contributed by atoms with E-state index in [1.807, 2.05) is 19.2 Å². The minimum absolute atomic E-state index is 0.0802. The van der Waals surface area contributed by atoms with E-state index >= 15 is 0 Å². The van der Waals surface area contributed by atoms with Gasteiger partial charge in [-0.3, -0.25) is 9.78 Å². The summed E-state index contributed by atoms with van der Waals surface area (Å²) in [5, 5.41) is 12.3. The van der Waals surface area contributed by atoms with E-state index in [2.05, 4.69) is 65.6 Å². The number of fused-ring (bicyclic) bond motifs is 1. The molecule has 1 unspecified atom stereocenters. The minimum Gasteiger partial charge on any atom is -0.494 e. The maximum absolute atomic E-state index is 13.7. The van der Waals surface area contributed by atoms with Gasteiger partial charge >= 0.3 is 0 Å². The van der Waals surface area contributed by atoms with Crippen molar-refractivity contribution in [3.05, 3.63) is 70.8 Å². The number of carbonyl (C=O) groups excluding carboxylic acids is 1. The van der Waals surface area contributed by atoms with Gasteiger partial charge in [0.1, 0.15) is 5.75 Å². The van der Waals surface area contributed by atoms with Crippen LogP contribution >= 0.6 is 0 Å². The fourth-order valence-corrected chi connectivity index (χ4v) is 5.88. The number of ether oxygens (including phenoxy) is 1. The molecule has 2 aliphatic heterocycles. The van der Waals surface area contributed by atoms with Crippen LogP contribution in [-0.2, 0) is 10.2 Å². The van der Waals surface area contributed by atoms with Gasteiger partial charge < -0.3 is 10.1 Å². The van der Waals surface area contributed by atoms with Crippen LogP contribution in [0.2, 0.25) is 0 Å². The molecule has 1 aromatic heterocycles. The fourth-order valence-electron chi connectivity index (χ4n) is 5.88. The van der Waals surface area contributed by atoms with E-state index in [-0.39, 0.29) is 17.4 Å². The highest BCUT2D eigenvalue weighted by Crippen LogP contribution is 2.54. The van der Waals surface area contributed by atoms with E-state index in [0.717, 1.165) is 57.8 Å². The van der Waals surface area contributed by atoms with Gasteiger partial charge in [-0.1, -0.05) is 39.0 Å². The number of allylic oxidation sites excluding steroid dienone is 2. The van der Waals surface area contributed by atoms with Gasteiger partial charge in [-0.25, -0.2) is 0 Å². The highest BCUT2D eigenvalue weighted by molar-refractivity contribution is 6.01. The molecule has 5 rings (SSSR count). The molecule has 170 valence electrons. The number of azo groups is 1. The molecule has 2 atom stereocenters. The number of aromatic nitrogens is 1. The van der Waals surface area contributed by atoms with Crippen LogP contribution in [0, 0.1) is 12.3 Å². The standard InChI is InChI=1S/C27H30N4O2/c1-6-27(18-9-7-8-17(12-18)19-10-11-28-16(2)24(19)33-5)20-15-29-31-25(20)30-21-13-26(3,4)14-22(32)23(21)27/h7-12,15,25,30H,6,13-14H2,1-5H3/t25?,27-/m1/s1. The molecule has 1 aliphatic carbocycles. The number of pyridine rings is 1. The van der Waals surface area contributed by atoms with E-state index in [1.165, 1.54) is 0 Å². The van der Waals surface area contributed by atoms with Crippen molar-refractivity contribution in [1.82, 2.24) is 10.3 Å². The van der Waals surface area contributed by atoms with Crippen LogP contribution in [0.4, 0.5) is 0 Å². The normalized spacial score (nSPS) is 25.3. The van der Waals surface area contributed by atoms with Gasteiger partial charge in [0.15, 0.2) is 11.9 Å². The summed E-state index contributed by atoms with van der Waals surface area (Å²) in [6.45, 7) is 8.42. The summed E-state index contributed by atoms with van der Waals surface area (Å²) in [5.74, 6) is 0.980. The predicted octanol–water partition coefficient (Wildman–Crippen LogP) is 5.64. The second-order valence-corrected chi connectivity index (χ2v) is 9.97. The van der Waals surface area contributed by atoms with Crippen molar-refractivity contribution in [1.29, 1.82) is 0 Å². The number of nitrogens with one attached hydrogen (secondary N) is 1. The van der Waals surface area contributed by atoms with E-state index in [1.54, 1.807) is 13.3 Å². The van der Waals surface area contributed by atoms with Crippen LogP contribution in [0.15, 0.2) is 69.8 Å². The van der Waals surface area contributed by atoms with Gasteiger partial charge in [-0.15, -0.1) is 0 Å². The fraction of sp³-hybridized carbons (Fsp3) is 0.407. The molecular formula is C27H30N4O2. The molecule has 0 radical (unpaired) electrons. The van der Waals surface area contributed by atoms with E-state index in [9.17, 15) is 4.79 Å². The van der Waals surface area contributed by atoms with Gasteiger partial charge in [0.2, 0.25) is 0 Å². The first-order valence-corrected chi connectivity index (χ1v) is 11.5. The zero-order chi connectivity index (χ0) is 23.4. The maximum Gasteiger partial charge on any atom is 0.164 e. The summed E-state index contributed by atoms with van der Waals surface area (Å²) < 4.78 is 5.69. The van der Waals surface area contributed by atoms with Crippen LogP contribution in [0.25, 0.3) is 11.1 Å². The lowest BCUT2D eigenvalue weighted by molar-refractivity contribution is -0.119. The molecule has 3 heterocycles. The quantitative estimate of drug-likeness (QED) is 0.665. The summed E-state index contributed by atoms with van der Waals surface area (Å²) in [6, 6.07) is 10.5. The van der Waals surface area contributed by atoms with Crippen LogP contribution in [0.5, 0.6) is 5.75 Å². The van der Waals surface area contributed by atoms with Crippen molar-refractivity contribution in [2.24, 2.45) is 15.6 Å². The number of methoxy groups -OCH3 is 1. The predicted molar refractivity (Wildman–Crippen MR) is 128 cm³/mol. The molecular weight excluding hydrogens is 412 g/mol. The molecule has 0 bridgehead atoms. The van der Waals surface area contributed by atoms with Gasteiger partial charge in [-0.05, 0) is 48.4 Å². The number of rotatable bonds is 4. The number of hydrogen-bond donors (Lipinski definition) is 1. The maximum atomic E-state index is 13.7. The second kappa shape index (κ2) is 7.65. The average Bonchev–Trinajstić information content (AvgIpc) is 3.25. The number of Topliss-reactive ketones (excluding diaryl/α,β-unsaturated/α-hetero) is 1. The Morgan fingerprint density at radius 1 is 1.21 bits per heavy atom. The van der Waals surface area contributed by atoms with E-state index in [4.69, 9.17) is 4.74 Å². The molecule has 0 saturated carbocycles. The molecule has 1 N–H and O–H groups in total. The van der Waals surface area contributed by atoms with Gasteiger partial charge in [0, 0.05) is 35.0 Å². The number of ketones is 1. The highest BCUT2D eigenvalue weighted by atomic mass is 16.5. The lowest BCUT2D eigenvalue weighted by atomic mass is 9.58. The Kier molecular flexibility index (Phi) is 5.00. The third-order valence-corrected chi connectivity index (χ3v) is 7.26. The first kappa shape index (κ1) is 21.6. The monoisotopic (exact) mass is 442 g/mol. The minimum atomic E-state index is -0.562. The lowest BCUT2D eigenvalue weighted by Crippen LogP contribution is -2.51. The Labute approximate surface area is 194 Å². The van der Waals surface area contributed by atoms with Crippen molar-refractivity contribution in [3.8, 4) is 16.9 Å². The summed E-state index contributed by atoms with van der Waals surface area (Å²) in [5.41, 5.74) is 6.27. The summed E-state index contributed by atoms with van der Waals surface area (Å²) in [7, 11) is 1.67. The van der Waals surface area contributed by atoms with Crippen molar-refractivity contribution in [2.45, 2.75) is 58.5 Å². The topological polar surface area (TPSA) is 75.9 Å². The van der Waals surface area contributed by atoms with Crippen molar-refractivity contribution >= 4 is 5.78 Å². The molecule has 33 heavy (non-hydrogen) atoms. The summed E-state index contributed by atoms with van der Waals surface area (Å²) >= 11 is 0. The Balaban J connectivity index is 1.74. The van der Waals surface area contributed by atoms with Crippen LogP contribution in [0.1, 0.15) is 51.3 Å². The molecule has 0 fully saturated rings.